The van der Waals surface area contributed by atoms with Crippen LogP contribution in [0.1, 0.15) is 5.82 Å². The van der Waals surface area contributed by atoms with Gasteiger partial charge in [0.15, 0.2) is 11.0 Å². The molecule has 3 rings (SSSR count). The van der Waals surface area contributed by atoms with Crippen molar-refractivity contribution >= 4 is 28.5 Å². The van der Waals surface area contributed by atoms with Gasteiger partial charge in [-0.1, -0.05) is 11.8 Å². The molecule has 0 bridgehead atoms. The highest BCUT2D eigenvalue weighted by atomic mass is 32.2. The Morgan fingerprint density at radius 1 is 1.44 bits per heavy atom. The monoisotopic (exact) mass is 261 g/mol. The molecule has 0 radical (unpaired) electrons. The lowest BCUT2D eigenvalue weighted by atomic mass is 10.3. The number of thioether (sulfide) groups is 1. The summed E-state index contributed by atoms with van der Waals surface area (Å²) in [6.07, 6.45) is 0. The first kappa shape index (κ1) is 11.0. The molecule has 7 nitrogen and oxygen atoms in total. The van der Waals surface area contributed by atoms with Gasteiger partial charge in [-0.05, 0) is 23.4 Å². The Balaban J connectivity index is 1.78. The molecule has 8 heteroatoms. The number of hydrogen-bond donors (Lipinski definition) is 2. The number of nitrogens with one attached hydrogen (secondary N) is 1. The Bertz CT molecular complexity index is 686. The predicted octanol–water partition coefficient (Wildman–Crippen LogP) is 0.961. The van der Waals surface area contributed by atoms with Crippen LogP contribution in [0.2, 0.25) is 0 Å². The fraction of sp³-hybridized carbons (Fsp3) is 0.200. The first-order valence-corrected chi connectivity index (χ1v) is 6.30. The number of aromatic nitrogens is 6. The number of aryl methyl sites for hydroxylation is 1. The average Bonchev–Trinajstić information content (AvgIpc) is 2.92. The molecule has 0 amide bonds. The van der Waals surface area contributed by atoms with E-state index in [1.54, 1.807) is 7.05 Å². The fourth-order valence-electron chi connectivity index (χ4n) is 1.59. The molecule has 0 saturated heterocycles. The van der Waals surface area contributed by atoms with E-state index in [2.05, 4.69) is 25.4 Å². The molecule has 2 aromatic heterocycles. The summed E-state index contributed by atoms with van der Waals surface area (Å²) in [7, 11) is 1.74. The number of fused-ring (bicyclic) bond motifs is 1. The van der Waals surface area contributed by atoms with Crippen molar-refractivity contribution in [3.63, 3.8) is 0 Å². The molecule has 0 unspecified atom stereocenters. The summed E-state index contributed by atoms with van der Waals surface area (Å²) in [6, 6.07) is 5.60. The highest BCUT2D eigenvalue weighted by Crippen LogP contribution is 2.22. The van der Waals surface area contributed by atoms with Crippen LogP contribution in [0.15, 0.2) is 23.4 Å². The van der Waals surface area contributed by atoms with Gasteiger partial charge in [0.2, 0.25) is 0 Å². The number of H-pyrrole nitrogens is 1. The predicted molar refractivity (Wildman–Crippen MR) is 68.9 cm³/mol. The van der Waals surface area contributed by atoms with Gasteiger partial charge in [-0.15, -0.1) is 10.2 Å². The van der Waals surface area contributed by atoms with Crippen LogP contribution in [0.5, 0.6) is 0 Å². The highest BCUT2D eigenvalue weighted by molar-refractivity contribution is 7.98. The first-order valence-electron chi connectivity index (χ1n) is 5.31. The number of nitrogens with zero attached hydrogens (tertiary/aromatic N) is 5. The van der Waals surface area contributed by atoms with Gasteiger partial charge in [0.05, 0.1) is 23.8 Å². The first-order chi connectivity index (χ1) is 8.70. The zero-order valence-electron chi connectivity index (χ0n) is 9.66. The minimum Gasteiger partial charge on any atom is -0.399 e. The molecule has 92 valence electrons. The van der Waals surface area contributed by atoms with Gasteiger partial charge in [0.25, 0.3) is 0 Å². The van der Waals surface area contributed by atoms with Crippen molar-refractivity contribution in [1.29, 1.82) is 0 Å². The molecule has 2 heterocycles. The molecule has 0 fully saturated rings. The summed E-state index contributed by atoms with van der Waals surface area (Å²) in [5.41, 5.74) is 8.27. The number of imidazole rings is 1. The molecule has 0 spiro atoms. The second-order valence-corrected chi connectivity index (χ2v) is 4.77. The number of anilines is 1. The van der Waals surface area contributed by atoms with E-state index in [0.717, 1.165) is 21.9 Å². The van der Waals surface area contributed by atoms with Crippen LogP contribution in [0.3, 0.4) is 0 Å². The molecule has 3 aromatic rings. The summed E-state index contributed by atoms with van der Waals surface area (Å²) in [5, 5.41) is 12.6. The molecule has 0 aliphatic carbocycles. The summed E-state index contributed by atoms with van der Waals surface area (Å²) >= 11 is 1.53. The van der Waals surface area contributed by atoms with E-state index in [4.69, 9.17) is 5.73 Å². The van der Waals surface area contributed by atoms with E-state index in [9.17, 15) is 0 Å². The number of tetrazole rings is 1. The van der Waals surface area contributed by atoms with Gasteiger partial charge >= 0.3 is 0 Å². The third-order valence-electron chi connectivity index (χ3n) is 2.37. The van der Waals surface area contributed by atoms with E-state index < -0.39 is 0 Å². The van der Waals surface area contributed by atoms with Crippen LogP contribution in [0.4, 0.5) is 5.69 Å². The number of hydrogen-bond acceptors (Lipinski definition) is 6. The molecular formula is C10H11N7S. The topological polar surface area (TPSA) is 98.3 Å². The quantitative estimate of drug-likeness (QED) is 0.538. The van der Waals surface area contributed by atoms with Crippen molar-refractivity contribution in [3.05, 3.63) is 24.0 Å². The Morgan fingerprint density at radius 2 is 2.33 bits per heavy atom. The van der Waals surface area contributed by atoms with E-state index in [1.165, 1.54) is 16.6 Å². The zero-order chi connectivity index (χ0) is 12.5. The Morgan fingerprint density at radius 3 is 3.11 bits per heavy atom. The van der Waals surface area contributed by atoms with Crippen molar-refractivity contribution in [2.75, 3.05) is 5.73 Å². The van der Waals surface area contributed by atoms with Gasteiger partial charge in [-0.25, -0.2) is 4.98 Å². The zero-order valence-corrected chi connectivity index (χ0v) is 10.5. The maximum Gasteiger partial charge on any atom is 0.185 e. The standard InChI is InChI=1S/C10H11N7S/c1-17-15-9(14-16-17)5-18-10-12-7-3-2-6(11)4-8(7)13-10/h2-4H,5,11H2,1H3,(H,12,13). The van der Waals surface area contributed by atoms with Crippen molar-refractivity contribution in [1.82, 2.24) is 30.2 Å². The van der Waals surface area contributed by atoms with Crippen LogP contribution < -0.4 is 5.73 Å². The summed E-state index contributed by atoms with van der Waals surface area (Å²) < 4.78 is 0. The van der Waals surface area contributed by atoms with E-state index in [0.29, 0.717) is 11.6 Å². The van der Waals surface area contributed by atoms with Crippen LogP contribution in [0, 0.1) is 0 Å². The normalized spacial score (nSPS) is 11.2. The van der Waals surface area contributed by atoms with Crippen molar-refractivity contribution in [2.24, 2.45) is 7.05 Å². The van der Waals surface area contributed by atoms with Gasteiger partial charge in [0.1, 0.15) is 0 Å². The smallest absolute Gasteiger partial charge is 0.185 e. The van der Waals surface area contributed by atoms with Crippen molar-refractivity contribution in [3.8, 4) is 0 Å². The lowest BCUT2D eigenvalue weighted by molar-refractivity contribution is 0.628. The average molecular weight is 261 g/mol. The number of aromatic amines is 1. The SMILES string of the molecule is Cn1nnc(CSc2nc3ccc(N)cc3[nH]2)n1. The van der Waals surface area contributed by atoms with E-state index >= 15 is 0 Å². The minimum atomic E-state index is 0.628. The third kappa shape index (κ3) is 2.14. The van der Waals surface area contributed by atoms with Crippen LogP contribution in [-0.4, -0.2) is 30.2 Å². The summed E-state index contributed by atoms with van der Waals surface area (Å²) in [6.45, 7) is 0. The van der Waals surface area contributed by atoms with Crippen LogP contribution in [0.25, 0.3) is 11.0 Å². The molecule has 3 N–H and O–H groups in total. The third-order valence-corrected chi connectivity index (χ3v) is 3.24. The summed E-state index contributed by atoms with van der Waals surface area (Å²) in [5.74, 6) is 1.31. The number of benzene rings is 1. The number of nitrogen functional groups attached to an aromatic ring is 1. The molecule has 0 aliphatic heterocycles. The molecular weight excluding hydrogens is 250 g/mol. The largest absolute Gasteiger partial charge is 0.399 e. The molecule has 0 atom stereocenters. The highest BCUT2D eigenvalue weighted by Gasteiger charge is 2.06. The summed E-state index contributed by atoms with van der Waals surface area (Å²) in [4.78, 5) is 9.09. The second-order valence-electron chi connectivity index (χ2n) is 3.80. The van der Waals surface area contributed by atoms with Gasteiger partial charge < -0.3 is 10.7 Å². The lowest BCUT2D eigenvalue weighted by Gasteiger charge is -1.91. The van der Waals surface area contributed by atoms with Gasteiger partial charge in [-0.2, -0.15) is 4.80 Å². The maximum atomic E-state index is 5.72. The van der Waals surface area contributed by atoms with Crippen molar-refractivity contribution in [2.45, 2.75) is 10.9 Å². The van der Waals surface area contributed by atoms with Crippen molar-refractivity contribution < 1.29 is 0 Å². The molecule has 0 saturated carbocycles. The minimum absolute atomic E-state index is 0.628. The Labute approximate surface area is 107 Å². The Kier molecular flexibility index (Phi) is 2.63. The Hall–Kier alpha value is -2.09. The van der Waals surface area contributed by atoms with Crippen LogP contribution in [-0.2, 0) is 12.8 Å². The maximum absolute atomic E-state index is 5.72. The van der Waals surface area contributed by atoms with E-state index in [-0.39, 0.29) is 0 Å². The van der Waals surface area contributed by atoms with Gasteiger partial charge in [-0.3, -0.25) is 0 Å². The number of rotatable bonds is 3. The second kappa shape index (κ2) is 4.30. The molecule has 18 heavy (non-hydrogen) atoms. The fourth-order valence-corrected chi connectivity index (χ4v) is 2.31. The lowest BCUT2D eigenvalue weighted by Crippen LogP contribution is -1.92. The van der Waals surface area contributed by atoms with E-state index in [1.807, 2.05) is 18.2 Å². The van der Waals surface area contributed by atoms with Crippen LogP contribution >= 0.6 is 11.8 Å². The molecule has 1 aromatic carbocycles. The van der Waals surface area contributed by atoms with Gasteiger partial charge in [0, 0.05) is 5.69 Å². The molecule has 0 aliphatic rings. The number of nitrogens with two attached hydrogens (primary N) is 1.